The molecule has 0 N–H and O–H groups in total. The quantitative estimate of drug-likeness (QED) is 0.479. The monoisotopic (exact) mass is 346 g/mol. The highest BCUT2D eigenvalue weighted by molar-refractivity contribution is 6.31. The minimum absolute atomic E-state index is 0.0422. The summed E-state index contributed by atoms with van der Waals surface area (Å²) in [5, 5.41) is 0.271. The van der Waals surface area contributed by atoms with Crippen molar-refractivity contribution in [1.29, 1.82) is 0 Å². The van der Waals surface area contributed by atoms with E-state index in [1.165, 1.54) is 22.7 Å². The Hall–Kier alpha value is -2.28. The fourth-order valence-corrected chi connectivity index (χ4v) is 2.29. The summed E-state index contributed by atoms with van der Waals surface area (Å²) in [6, 6.07) is 6.53. The Balaban J connectivity index is 0.000000595. The summed E-state index contributed by atoms with van der Waals surface area (Å²) in [6.45, 7) is -0.0465. The summed E-state index contributed by atoms with van der Waals surface area (Å²) in [5.74, 6) is -1.34. The van der Waals surface area contributed by atoms with Crippen LogP contribution in [0.25, 0.3) is 11.3 Å². The second kappa shape index (κ2) is 6.87. The van der Waals surface area contributed by atoms with Crippen molar-refractivity contribution in [3.05, 3.63) is 69.2 Å². The van der Waals surface area contributed by atoms with Crippen LogP contribution in [0.2, 0.25) is 5.02 Å². The van der Waals surface area contributed by atoms with Gasteiger partial charge in [-0.2, -0.15) is 4.39 Å². The Morgan fingerprint density at radius 3 is 2.48 bits per heavy atom. The average Bonchev–Trinajstić information content (AvgIpc) is 2.95. The molecule has 3 rings (SSSR count). The molecule has 0 aliphatic carbocycles. The number of fused-ring (bicyclic) bond motifs is 1. The lowest BCUT2D eigenvalue weighted by molar-refractivity contribution is 0.295. The van der Waals surface area contributed by atoms with Crippen molar-refractivity contribution in [3.63, 3.8) is 0 Å². The summed E-state index contributed by atoms with van der Waals surface area (Å²) in [5.41, 5.74) is 0.273. The molecule has 3 nitrogen and oxygen atoms in total. The highest BCUT2D eigenvalue weighted by atomic mass is 35.5. The Morgan fingerprint density at radius 1 is 1.17 bits per heavy atom. The van der Waals surface area contributed by atoms with Crippen molar-refractivity contribution in [1.82, 2.24) is 8.97 Å². The van der Waals surface area contributed by atoms with Gasteiger partial charge in [0, 0.05) is 11.2 Å². The Morgan fingerprint density at radius 2 is 1.83 bits per heavy atom. The Bertz CT molecular complexity index is 904. The molecule has 0 fully saturated rings. The first kappa shape index (κ1) is 17.1. The van der Waals surface area contributed by atoms with Gasteiger partial charge in [0.1, 0.15) is 11.5 Å². The zero-order chi connectivity index (χ0) is 17.1. The van der Waals surface area contributed by atoms with Crippen molar-refractivity contribution in [3.8, 4) is 5.69 Å². The molecule has 8 heteroatoms. The minimum atomic E-state index is -1.75. The van der Waals surface area contributed by atoms with Gasteiger partial charge in [-0.3, -0.25) is 13.8 Å². The normalized spacial score (nSPS) is 10.5. The second-order valence-electron chi connectivity index (χ2n) is 4.53. The first-order valence-electron chi connectivity index (χ1n) is 6.37. The number of aromatic nitrogens is 2. The predicted octanol–water partition coefficient (Wildman–Crippen LogP) is 4.21. The first-order valence-corrected chi connectivity index (χ1v) is 6.75. The van der Waals surface area contributed by atoms with Gasteiger partial charge in [-0.15, -0.1) is 0 Å². The van der Waals surface area contributed by atoms with Crippen LogP contribution in [0.5, 0.6) is 0 Å². The van der Waals surface area contributed by atoms with Crippen molar-refractivity contribution in [2.45, 2.75) is 6.92 Å². The molecule has 0 bridgehead atoms. The van der Waals surface area contributed by atoms with Crippen LogP contribution in [0.15, 0.2) is 41.3 Å². The molecule has 0 radical (unpaired) electrons. The zero-order valence-electron chi connectivity index (χ0n) is 11.9. The van der Waals surface area contributed by atoms with Crippen LogP contribution in [0.3, 0.4) is 0 Å². The minimum Gasteiger partial charge on any atom is -0.279 e. The van der Waals surface area contributed by atoms with Crippen molar-refractivity contribution >= 4 is 17.2 Å². The number of alkyl halides is 2. The van der Waals surface area contributed by atoms with Gasteiger partial charge in [-0.05, 0) is 36.8 Å². The summed E-state index contributed by atoms with van der Waals surface area (Å²) in [6.07, 6.45) is 1.46. The van der Waals surface area contributed by atoms with E-state index in [1.54, 1.807) is 13.0 Å². The van der Waals surface area contributed by atoms with Crippen LogP contribution in [-0.4, -0.2) is 15.9 Å². The van der Waals surface area contributed by atoms with E-state index >= 15 is 0 Å². The van der Waals surface area contributed by atoms with E-state index in [-0.39, 0.29) is 16.4 Å². The van der Waals surface area contributed by atoms with E-state index in [0.29, 0.717) is 5.56 Å². The summed E-state index contributed by atoms with van der Waals surface area (Å²) < 4.78 is 49.3. The SMILES string of the molecule is Cc1cc(-n2c(=O)cc(F)n3cccc23)c(F)cc1Cl.FCF. The maximum atomic E-state index is 14.1. The van der Waals surface area contributed by atoms with Gasteiger partial charge in [0.2, 0.25) is 12.9 Å². The average molecular weight is 347 g/mol. The molecular formula is C15H11ClF4N2O. The van der Waals surface area contributed by atoms with Crippen LogP contribution in [0.4, 0.5) is 17.6 Å². The van der Waals surface area contributed by atoms with Crippen LogP contribution in [0.1, 0.15) is 5.56 Å². The third-order valence-electron chi connectivity index (χ3n) is 3.12. The molecular weight excluding hydrogens is 336 g/mol. The number of halogens is 5. The van der Waals surface area contributed by atoms with E-state index in [1.807, 2.05) is 0 Å². The lowest BCUT2D eigenvalue weighted by Gasteiger charge is -2.11. The molecule has 2 heterocycles. The summed E-state index contributed by atoms with van der Waals surface area (Å²) in [4.78, 5) is 12.0. The van der Waals surface area contributed by atoms with Crippen LogP contribution < -0.4 is 5.56 Å². The van der Waals surface area contributed by atoms with Crippen LogP contribution in [0, 0.1) is 18.7 Å². The highest BCUT2D eigenvalue weighted by Gasteiger charge is 2.14. The molecule has 122 valence electrons. The molecule has 0 saturated heterocycles. The summed E-state index contributed by atoms with van der Waals surface area (Å²) in [7, 11) is 0. The molecule has 0 atom stereocenters. The van der Waals surface area contributed by atoms with Gasteiger partial charge in [-0.1, -0.05) is 11.6 Å². The topological polar surface area (TPSA) is 26.4 Å². The van der Waals surface area contributed by atoms with E-state index in [9.17, 15) is 22.4 Å². The van der Waals surface area contributed by atoms with Crippen molar-refractivity contribution in [2.75, 3.05) is 6.93 Å². The molecule has 23 heavy (non-hydrogen) atoms. The van der Waals surface area contributed by atoms with Crippen LogP contribution in [-0.2, 0) is 0 Å². The number of nitrogens with zero attached hydrogens (tertiary/aromatic N) is 2. The van der Waals surface area contributed by atoms with Crippen molar-refractivity contribution < 1.29 is 17.6 Å². The van der Waals surface area contributed by atoms with Gasteiger partial charge < -0.3 is 0 Å². The lowest BCUT2D eigenvalue weighted by atomic mass is 10.2. The largest absolute Gasteiger partial charge is 0.279 e. The number of rotatable bonds is 1. The third kappa shape index (κ3) is 3.24. The van der Waals surface area contributed by atoms with Gasteiger partial charge in [0.15, 0.2) is 0 Å². The van der Waals surface area contributed by atoms with Crippen LogP contribution >= 0.6 is 11.6 Å². The second-order valence-corrected chi connectivity index (χ2v) is 4.94. The molecule has 0 unspecified atom stereocenters. The molecule has 1 aromatic carbocycles. The van der Waals surface area contributed by atoms with Gasteiger partial charge in [0.25, 0.3) is 5.56 Å². The molecule has 3 aromatic rings. The number of aryl methyl sites for hydroxylation is 1. The number of hydrogen-bond acceptors (Lipinski definition) is 1. The Kier molecular flexibility index (Phi) is 5.10. The van der Waals surface area contributed by atoms with E-state index in [0.717, 1.165) is 16.7 Å². The van der Waals surface area contributed by atoms with E-state index in [4.69, 9.17) is 11.6 Å². The first-order chi connectivity index (χ1) is 10.9. The van der Waals surface area contributed by atoms with Gasteiger partial charge in [-0.25, -0.2) is 13.2 Å². The maximum absolute atomic E-state index is 14.1. The number of hydrogen-bond donors (Lipinski definition) is 0. The third-order valence-corrected chi connectivity index (χ3v) is 3.53. The fraction of sp³-hybridized carbons (Fsp3) is 0.133. The standard InChI is InChI=1S/C14H9ClF2N2O.CH2F2/c1-8-5-11(10(16)6-9(8)15)19-13-3-2-4-18(13)12(17)7-14(19)20;2-1-3/h2-7H,1H3;1H2. The van der Waals surface area contributed by atoms with E-state index in [2.05, 4.69) is 0 Å². The molecule has 0 amide bonds. The fourth-order valence-electron chi connectivity index (χ4n) is 2.14. The highest BCUT2D eigenvalue weighted by Crippen LogP contribution is 2.23. The molecule has 0 spiro atoms. The van der Waals surface area contributed by atoms with Gasteiger partial charge in [0.05, 0.1) is 11.8 Å². The molecule has 0 aliphatic heterocycles. The Labute approximate surface area is 133 Å². The number of benzene rings is 1. The van der Waals surface area contributed by atoms with Gasteiger partial charge >= 0.3 is 0 Å². The molecule has 0 aliphatic rings. The molecule has 2 aromatic heterocycles. The smallest absolute Gasteiger partial charge is 0.261 e. The lowest BCUT2D eigenvalue weighted by Crippen LogP contribution is -2.22. The maximum Gasteiger partial charge on any atom is 0.261 e. The summed E-state index contributed by atoms with van der Waals surface area (Å²) >= 11 is 5.84. The van der Waals surface area contributed by atoms with Crippen molar-refractivity contribution in [2.24, 2.45) is 0 Å². The van der Waals surface area contributed by atoms with E-state index < -0.39 is 24.3 Å². The predicted molar refractivity (Wildman–Crippen MR) is 79.7 cm³/mol. The molecule has 0 saturated carbocycles. The zero-order valence-corrected chi connectivity index (χ0v) is 12.6.